The molecule has 21 heavy (non-hydrogen) atoms. The van der Waals surface area contributed by atoms with Crippen LogP contribution >= 0.6 is 0 Å². The minimum absolute atomic E-state index is 0.0895. The van der Waals surface area contributed by atoms with E-state index in [1.54, 1.807) is 0 Å². The van der Waals surface area contributed by atoms with Gasteiger partial charge in [0.05, 0.1) is 0 Å². The predicted molar refractivity (Wildman–Crippen MR) is 83.2 cm³/mol. The lowest BCUT2D eigenvalue weighted by Crippen LogP contribution is -2.41. The maximum atomic E-state index is 12.3. The Bertz CT molecular complexity index is 658. The van der Waals surface area contributed by atoms with E-state index < -0.39 is 0 Å². The second-order valence-corrected chi connectivity index (χ2v) is 7.33. The number of aromatic hydroxyl groups is 1. The Kier molecular flexibility index (Phi) is 2.64. The number of allylic oxidation sites excluding steroid dienone is 1. The summed E-state index contributed by atoms with van der Waals surface area (Å²) in [6.45, 7) is 4.29. The first-order chi connectivity index (χ1) is 10.0. The highest BCUT2D eigenvalue weighted by Crippen LogP contribution is 2.59. The van der Waals surface area contributed by atoms with Crippen LogP contribution in [0, 0.1) is 24.2 Å². The van der Waals surface area contributed by atoms with Gasteiger partial charge in [-0.1, -0.05) is 19.1 Å². The number of benzene rings is 1. The van der Waals surface area contributed by atoms with E-state index in [4.69, 9.17) is 0 Å². The average molecular weight is 282 g/mol. The van der Waals surface area contributed by atoms with Crippen LogP contribution in [0.4, 0.5) is 0 Å². The van der Waals surface area contributed by atoms with Gasteiger partial charge in [0.2, 0.25) is 0 Å². The number of Topliss-reactive ketones (excluding diaryl/α,β-unsaturated/α-hetero) is 1. The first-order valence-electron chi connectivity index (χ1n) is 8.06. The van der Waals surface area contributed by atoms with E-state index in [1.165, 1.54) is 16.7 Å². The lowest BCUT2D eigenvalue weighted by molar-refractivity contribution is -0.128. The monoisotopic (exact) mass is 282 g/mol. The van der Waals surface area contributed by atoms with Crippen molar-refractivity contribution >= 4 is 11.9 Å². The van der Waals surface area contributed by atoms with Gasteiger partial charge in [0.15, 0.2) is 0 Å². The molecule has 4 rings (SSSR count). The van der Waals surface area contributed by atoms with E-state index in [9.17, 15) is 9.90 Å². The lowest BCUT2D eigenvalue weighted by Gasteiger charge is -2.46. The van der Waals surface area contributed by atoms with Crippen LogP contribution < -0.4 is 0 Å². The summed E-state index contributed by atoms with van der Waals surface area (Å²) in [6.07, 6.45) is 8.40. The number of aryl methyl sites for hydroxylation is 1. The molecule has 0 radical (unpaired) electrons. The number of fused-ring (bicyclic) bond motifs is 5. The molecule has 0 spiro atoms. The molecule has 1 aromatic carbocycles. The molecule has 1 N–H and O–H groups in total. The maximum Gasteiger partial charge on any atom is 0.139 e. The fourth-order valence-corrected chi connectivity index (χ4v) is 5.24. The lowest BCUT2D eigenvalue weighted by atomic mass is 9.57. The summed E-state index contributed by atoms with van der Waals surface area (Å²) in [5.41, 5.74) is 3.68. The third kappa shape index (κ3) is 1.68. The van der Waals surface area contributed by atoms with Gasteiger partial charge < -0.3 is 5.11 Å². The molecule has 2 nitrogen and oxygen atoms in total. The molecule has 0 aliphatic heterocycles. The van der Waals surface area contributed by atoms with Gasteiger partial charge in [-0.2, -0.15) is 0 Å². The number of phenolic OH excluding ortho intramolecular Hbond substituents is 1. The number of rotatable bonds is 0. The van der Waals surface area contributed by atoms with Gasteiger partial charge in [-0.3, -0.25) is 4.79 Å². The van der Waals surface area contributed by atoms with E-state index in [0.717, 1.165) is 25.7 Å². The van der Waals surface area contributed by atoms with Gasteiger partial charge in [0, 0.05) is 11.8 Å². The predicted octanol–water partition coefficient (Wildman–Crippen LogP) is 4.21. The molecule has 1 aromatic rings. The molecule has 2 heteroatoms. The third-order valence-corrected chi connectivity index (χ3v) is 6.31. The zero-order valence-corrected chi connectivity index (χ0v) is 12.7. The van der Waals surface area contributed by atoms with E-state index in [0.29, 0.717) is 29.3 Å². The SMILES string of the molecule is Cc1cc(O)cc2c1C1CC[C@@]3(C)C(=O)CCC3C1C=C2. The summed E-state index contributed by atoms with van der Waals surface area (Å²) in [5, 5.41) is 9.81. The van der Waals surface area contributed by atoms with Crippen molar-refractivity contribution in [3.63, 3.8) is 0 Å². The van der Waals surface area contributed by atoms with Crippen LogP contribution in [0.2, 0.25) is 0 Å². The second-order valence-electron chi connectivity index (χ2n) is 7.33. The van der Waals surface area contributed by atoms with Gasteiger partial charge in [-0.05, 0) is 72.8 Å². The van der Waals surface area contributed by atoms with E-state index >= 15 is 0 Å². The summed E-state index contributed by atoms with van der Waals surface area (Å²) in [6, 6.07) is 3.76. The van der Waals surface area contributed by atoms with Crippen LogP contribution in [-0.4, -0.2) is 10.9 Å². The van der Waals surface area contributed by atoms with Gasteiger partial charge in [0.25, 0.3) is 0 Å². The molecule has 0 amide bonds. The number of carbonyl (C=O) groups is 1. The van der Waals surface area contributed by atoms with Crippen LogP contribution in [0.3, 0.4) is 0 Å². The van der Waals surface area contributed by atoms with Crippen molar-refractivity contribution in [2.24, 2.45) is 17.3 Å². The zero-order chi connectivity index (χ0) is 14.8. The average Bonchev–Trinajstić information content (AvgIpc) is 2.74. The second kappa shape index (κ2) is 4.22. The molecule has 3 aliphatic carbocycles. The highest BCUT2D eigenvalue weighted by molar-refractivity contribution is 5.87. The van der Waals surface area contributed by atoms with E-state index in [1.807, 2.05) is 12.1 Å². The standard InChI is InChI=1S/C19H22O2/c1-11-9-13(20)10-12-3-4-14-15(18(11)12)7-8-19(2)16(14)5-6-17(19)21/h3-4,9-10,14-16,20H,5-8H2,1-2H3/t14?,15?,16?,19-/m1/s1. The molecule has 3 aliphatic rings. The zero-order valence-electron chi connectivity index (χ0n) is 12.7. The molecular formula is C19H22O2. The molecule has 2 fully saturated rings. The number of ketones is 1. The summed E-state index contributed by atoms with van der Waals surface area (Å²) in [7, 11) is 0. The molecule has 0 aromatic heterocycles. The Morgan fingerprint density at radius 1 is 1.29 bits per heavy atom. The van der Waals surface area contributed by atoms with Crippen LogP contribution in [0.25, 0.3) is 6.08 Å². The summed E-state index contributed by atoms with van der Waals surface area (Å²) in [5.74, 6) is 2.35. The fourth-order valence-electron chi connectivity index (χ4n) is 5.24. The molecule has 0 saturated heterocycles. The number of hydrogen-bond donors (Lipinski definition) is 1. The molecule has 3 unspecified atom stereocenters. The minimum Gasteiger partial charge on any atom is -0.508 e. The summed E-state index contributed by atoms with van der Waals surface area (Å²) in [4.78, 5) is 12.3. The Hall–Kier alpha value is -1.57. The van der Waals surface area contributed by atoms with Crippen LogP contribution in [0.5, 0.6) is 5.75 Å². The quantitative estimate of drug-likeness (QED) is 0.774. The number of hydrogen-bond acceptors (Lipinski definition) is 2. The smallest absolute Gasteiger partial charge is 0.139 e. The van der Waals surface area contributed by atoms with E-state index in [2.05, 4.69) is 26.0 Å². The number of phenols is 1. The van der Waals surface area contributed by atoms with Crippen LogP contribution in [0.15, 0.2) is 18.2 Å². The molecule has 2 saturated carbocycles. The minimum atomic E-state index is -0.0895. The first-order valence-corrected chi connectivity index (χ1v) is 8.06. The summed E-state index contributed by atoms with van der Waals surface area (Å²) < 4.78 is 0. The van der Waals surface area contributed by atoms with Crippen molar-refractivity contribution in [3.05, 3.63) is 34.9 Å². The molecule has 0 bridgehead atoms. The van der Waals surface area contributed by atoms with Gasteiger partial charge in [0.1, 0.15) is 11.5 Å². The van der Waals surface area contributed by atoms with Crippen molar-refractivity contribution in [2.45, 2.75) is 45.4 Å². The van der Waals surface area contributed by atoms with Gasteiger partial charge in [-0.15, -0.1) is 0 Å². The Morgan fingerprint density at radius 2 is 2.10 bits per heavy atom. The number of carbonyl (C=O) groups excluding carboxylic acids is 1. The topological polar surface area (TPSA) is 37.3 Å². The first kappa shape index (κ1) is 13.1. The highest BCUT2D eigenvalue weighted by Gasteiger charge is 2.53. The molecule has 4 atom stereocenters. The van der Waals surface area contributed by atoms with Gasteiger partial charge >= 0.3 is 0 Å². The van der Waals surface area contributed by atoms with Crippen LogP contribution in [-0.2, 0) is 4.79 Å². The van der Waals surface area contributed by atoms with Crippen molar-refractivity contribution in [1.29, 1.82) is 0 Å². The third-order valence-electron chi connectivity index (χ3n) is 6.31. The molecule has 110 valence electrons. The van der Waals surface area contributed by atoms with Gasteiger partial charge in [-0.25, -0.2) is 0 Å². The normalized spacial score (nSPS) is 37.0. The highest BCUT2D eigenvalue weighted by atomic mass is 16.3. The molecular weight excluding hydrogens is 260 g/mol. The Morgan fingerprint density at radius 3 is 2.90 bits per heavy atom. The van der Waals surface area contributed by atoms with Crippen LogP contribution in [0.1, 0.15) is 55.2 Å². The van der Waals surface area contributed by atoms with Crippen molar-refractivity contribution in [1.82, 2.24) is 0 Å². The largest absolute Gasteiger partial charge is 0.508 e. The maximum absolute atomic E-state index is 12.3. The Balaban J connectivity index is 1.80. The van der Waals surface area contributed by atoms with Crippen molar-refractivity contribution in [2.75, 3.05) is 0 Å². The molecule has 0 heterocycles. The van der Waals surface area contributed by atoms with E-state index in [-0.39, 0.29) is 5.41 Å². The van der Waals surface area contributed by atoms with Crippen molar-refractivity contribution < 1.29 is 9.90 Å². The fraction of sp³-hybridized carbons (Fsp3) is 0.526. The van der Waals surface area contributed by atoms with Crippen molar-refractivity contribution in [3.8, 4) is 5.75 Å². The summed E-state index contributed by atoms with van der Waals surface area (Å²) >= 11 is 0. The Labute approximate surface area is 125 Å².